The van der Waals surface area contributed by atoms with E-state index < -0.39 is 0 Å². The second kappa shape index (κ2) is 10.2. The number of halogens is 1. The third-order valence-electron chi connectivity index (χ3n) is 4.94. The van der Waals surface area contributed by atoms with Gasteiger partial charge in [0.25, 0.3) is 0 Å². The summed E-state index contributed by atoms with van der Waals surface area (Å²) in [7, 11) is 1.85. The van der Waals surface area contributed by atoms with Gasteiger partial charge in [-0.2, -0.15) is 0 Å². The number of aromatic nitrogens is 3. The molecule has 1 N–H and O–H groups in total. The molecular weight excluding hydrogens is 432 g/mol. The van der Waals surface area contributed by atoms with Gasteiger partial charge >= 0.3 is 0 Å². The standard InChI is InChI=1S/C22H23ClN6OS/c1-24-20(23)19(31-14-29-8-10-30-11-9-29)15-5-6-18-17(12-15)22(25-2)28-21(27-18)16-4-3-7-26-13-16/h3-7,12-13H,1,8-11,14H2,2H3,(H,25,27,28)/b20-19-. The summed E-state index contributed by atoms with van der Waals surface area (Å²) in [6.07, 6.45) is 3.49. The van der Waals surface area contributed by atoms with Crippen LogP contribution in [-0.4, -0.2) is 65.8 Å². The van der Waals surface area contributed by atoms with Crippen LogP contribution in [0.15, 0.2) is 52.9 Å². The lowest BCUT2D eigenvalue weighted by atomic mass is 10.1. The molecule has 1 aliphatic heterocycles. The summed E-state index contributed by atoms with van der Waals surface area (Å²) < 4.78 is 5.43. The molecule has 0 amide bonds. The molecule has 31 heavy (non-hydrogen) atoms. The summed E-state index contributed by atoms with van der Waals surface area (Å²) >= 11 is 8.10. The van der Waals surface area contributed by atoms with E-state index in [4.69, 9.17) is 26.3 Å². The highest BCUT2D eigenvalue weighted by molar-refractivity contribution is 8.08. The van der Waals surface area contributed by atoms with Crippen molar-refractivity contribution >= 4 is 51.7 Å². The molecule has 9 heteroatoms. The molecule has 3 aromatic rings. The number of anilines is 1. The minimum absolute atomic E-state index is 0.386. The molecule has 0 unspecified atom stereocenters. The van der Waals surface area contributed by atoms with Gasteiger partial charge in [0.2, 0.25) is 0 Å². The Morgan fingerprint density at radius 3 is 2.84 bits per heavy atom. The Balaban J connectivity index is 1.69. The van der Waals surface area contributed by atoms with E-state index in [1.165, 1.54) is 0 Å². The van der Waals surface area contributed by atoms with Gasteiger partial charge in [-0.05, 0) is 36.5 Å². The van der Waals surface area contributed by atoms with Gasteiger partial charge in [-0.1, -0.05) is 17.7 Å². The smallest absolute Gasteiger partial charge is 0.163 e. The average molecular weight is 455 g/mol. The fourth-order valence-electron chi connectivity index (χ4n) is 3.30. The Morgan fingerprint density at radius 1 is 1.29 bits per heavy atom. The normalized spacial score (nSPS) is 15.5. The minimum Gasteiger partial charge on any atom is -0.379 e. The van der Waals surface area contributed by atoms with Crippen LogP contribution in [0, 0.1) is 0 Å². The summed E-state index contributed by atoms with van der Waals surface area (Å²) in [5.74, 6) is 2.17. The van der Waals surface area contributed by atoms with Crippen molar-refractivity contribution in [1.29, 1.82) is 0 Å². The van der Waals surface area contributed by atoms with E-state index in [9.17, 15) is 0 Å². The van der Waals surface area contributed by atoms with Crippen LogP contribution in [-0.2, 0) is 4.74 Å². The van der Waals surface area contributed by atoms with E-state index in [1.807, 2.05) is 37.4 Å². The first-order valence-electron chi connectivity index (χ1n) is 9.89. The third-order valence-corrected chi connectivity index (χ3v) is 6.57. The zero-order valence-corrected chi connectivity index (χ0v) is 18.8. The van der Waals surface area contributed by atoms with Crippen LogP contribution in [0.4, 0.5) is 5.82 Å². The van der Waals surface area contributed by atoms with Crippen molar-refractivity contribution in [3.63, 3.8) is 0 Å². The molecule has 0 bridgehead atoms. The molecule has 160 valence electrons. The Hall–Kier alpha value is -2.52. The lowest BCUT2D eigenvalue weighted by Crippen LogP contribution is -2.35. The molecule has 0 spiro atoms. The maximum Gasteiger partial charge on any atom is 0.163 e. The monoisotopic (exact) mass is 454 g/mol. The maximum atomic E-state index is 6.45. The number of hydrogen-bond donors (Lipinski definition) is 1. The fraction of sp³-hybridized carbons (Fsp3) is 0.273. The number of hydrogen-bond acceptors (Lipinski definition) is 8. The number of fused-ring (bicyclic) bond motifs is 1. The van der Waals surface area contributed by atoms with E-state index in [0.29, 0.717) is 11.0 Å². The van der Waals surface area contributed by atoms with Crippen LogP contribution < -0.4 is 5.32 Å². The van der Waals surface area contributed by atoms with Gasteiger partial charge in [-0.3, -0.25) is 14.9 Å². The third kappa shape index (κ3) is 5.04. The molecule has 4 rings (SSSR count). The second-order valence-corrected chi connectivity index (χ2v) is 8.21. The average Bonchev–Trinajstić information content (AvgIpc) is 2.84. The number of rotatable bonds is 7. The summed E-state index contributed by atoms with van der Waals surface area (Å²) in [4.78, 5) is 20.8. The van der Waals surface area contributed by atoms with Crippen molar-refractivity contribution in [2.24, 2.45) is 4.99 Å². The highest BCUT2D eigenvalue weighted by atomic mass is 35.5. The summed E-state index contributed by atoms with van der Waals surface area (Å²) in [5.41, 5.74) is 2.66. The van der Waals surface area contributed by atoms with E-state index in [1.54, 1.807) is 24.2 Å². The molecular formula is C22H23ClN6OS. The molecule has 3 heterocycles. The lowest BCUT2D eigenvalue weighted by Gasteiger charge is -2.26. The number of pyridine rings is 1. The molecule has 0 aliphatic carbocycles. The van der Waals surface area contributed by atoms with Crippen molar-refractivity contribution in [3.8, 4) is 11.4 Å². The first kappa shape index (κ1) is 21.7. The first-order valence-corrected chi connectivity index (χ1v) is 11.3. The fourth-order valence-corrected chi connectivity index (χ4v) is 4.62. The number of aliphatic imine (C=N–C) groups is 1. The van der Waals surface area contributed by atoms with E-state index in [0.717, 1.165) is 64.9 Å². The van der Waals surface area contributed by atoms with Gasteiger partial charge in [0.1, 0.15) is 11.0 Å². The van der Waals surface area contributed by atoms with E-state index >= 15 is 0 Å². The molecule has 1 saturated heterocycles. The number of morpholine rings is 1. The summed E-state index contributed by atoms with van der Waals surface area (Å²) in [6, 6.07) is 9.86. The topological polar surface area (TPSA) is 75.5 Å². The molecule has 1 fully saturated rings. The maximum absolute atomic E-state index is 6.45. The van der Waals surface area contributed by atoms with Gasteiger partial charge in [0, 0.05) is 49.4 Å². The van der Waals surface area contributed by atoms with E-state index in [-0.39, 0.29) is 0 Å². The van der Waals surface area contributed by atoms with Crippen LogP contribution in [0.3, 0.4) is 0 Å². The van der Waals surface area contributed by atoms with Crippen molar-refractivity contribution < 1.29 is 4.74 Å². The molecule has 1 aliphatic rings. The van der Waals surface area contributed by atoms with Crippen LogP contribution in [0.25, 0.3) is 27.2 Å². The number of nitrogens with one attached hydrogen (secondary N) is 1. The molecule has 0 radical (unpaired) electrons. The van der Waals surface area contributed by atoms with Crippen molar-refractivity contribution in [2.45, 2.75) is 0 Å². The second-order valence-electron chi connectivity index (χ2n) is 6.90. The SMILES string of the molecule is C=N/C(Cl)=C(\SCN1CCOCC1)c1ccc2nc(-c3cccnc3)nc(NC)c2c1. The number of benzene rings is 1. The molecule has 0 saturated carbocycles. The Bertz CT molecular complexity index is 1100. The number of nitrogens with zero attached hydrogens (tertiary/aromatic N) is 5. The summed E-state index contributed by atoms with van der Waals surface area (Å²) in [6.45, 7) is 6.94. The quantitative estimate of drug-likeness (QED) is 0.420. The van der Waals surface area contributed by atoms with Crippen LogP contribution in [0.2, 0.25) is 0 Å². The van der Waals surface area contributed by atoms with Gasteiger partial charge in [0.05, 0.1) is 23.6 Å². The lowest BCUT2D eigenvalue weighted by molar-refractivity contribution is 0.0474. The van der Waals surface area contributed by atoms with Crippen LogP contribution in [0.1, 0.15) is 5.56 Å². The highest BCUT2D eigenvalue weighted by Crippen LogP contribution is 2.36. The predicted octanol–water partition coefficient (Wildman–Crippen LogP) is 4.32. The summed E-state index contributed by atoms with van der Waals surface area (Å²) in [5, 5.41) is 4.48. The van der Waals surface area contributed by atoms with Crippen molar-refractivity contribution in [1.82, 2.24) is 19.9 Å². The minimum atomic E-state index is 0.386. The highest BCUT2D eigenvalue weighted by Gasteiger charge is 2.16. The largest absolute Gasteiger partial charge is 0.379 e. The van der Waals surface area contributed by atoms with Gasteiger partial charge < -0.3 is 10.1 Å². The Labute approximate surface area is 190 Å². The van der Waals surface area contributed by atoms with Crippen molar-refractivity contribution in [2.75, 3.05) is 44.5 Å². The first-order chi connectivity index (χ1) is 15.2. The zero-order chi connectivity index (χ0) is 21.6. The number of thioether (sulfide) groups is 1. The molecule has 7 nitrogen and oxygen atoms in total. The molecule has 2 aromatic heterocycles. The van der Waals surface area contributed by atoms with E-state index in [2.05, 4.69) is 26.9 Å². The zero-order valence-electron chi connectivity index (χ0n) is 17.2. The Morgan fingerprint density at radius 2 is 2.13 bits per heavy atom. The predicted molar refractivity (Wildman–Crippen MR) is 129 cm³/mol. The van der Waals surface area contributed by atoms with Gasteiger partial charge in [-0.25, -0.2) is 9.97 Å². The Kier molecular flexibility index (Phi) is 7.14. The van der Waals surface area contributed by atoms with Crippen molar-refractivity contribution in [3.05, 3.63) is 53.4 Å². The van der Waals surface area contributed by atoms with Gasteiger partial charge in [0.15, 0.2) is 5.82 Å². The van der Waals surface area contributed by atoms with Gasteiger partial charge in [-0.15, -0.1) is 11.8 Å². The van der Waals surface area contributed by atoms with Crippen LogP contribution in [0.5, 0.6) is 0 Å². The molecule has 0 atom stereocenters. The number of ether oxygens (including phenoxy) is 1. The van der Waals surface area contributed by atoms with Crippen LogP contribution >= 0.6 is 23.4 Å². The molecule has 1 aromatic carbocycles.